The second-order valence-corrected chi connectivity index (χ2v) is 10.8. The number of H-pyrrole nitrogens is 2. The fourth-order valence-corrected chi connectivity index (χ4v) is 5.67. The third-order valence-corrected chi connectivity index (χ3v) is 8.23. The fraction of sp³-hybridized carbons (Fsp3) is 0.303. The highest BCUT2D eigenvalue weighted by Gasteiger charge is 2.28. The summed E-state index contributed by atoms with van der Waals surface area (Å²) in [7, 11) is 0. The molecule has 2 aromatic rings. The minimum atomic E-state index is -1.19. The predicted molar refractivity (Wildman–Crippen MR) is 159 cm³/mol. The third-order valence-electron chi connectivity index (χ3n) is 8.23. The molecular weight excluding hydrogens is 548 g/mol. The van der Waals surface area contributed by atoms with Crippen LogP contribution in [0.25, 0.3) is 12.2 Å². The topological polar surface area (TPSA) is 170 Å². The molecule has 10 nitrogen and oxygen atoms in total. The van der Waals surface area contributed by atoms with E-state index in [0.717, 1.165) is 33.5 Å². The molecule has 4 rings (SSSR count). The molecule has 3 N–H and O–H groups in total. The number of carboxylic acid groups (broad SMARTS) is 2. The number of rotatable bonds is 12. The SMILES string of the molecule is C=CC1=C(C)C(=O)N=C1/C=c1\[nH]/c(=C\c2[nH]c(C[C@H]3NC(=O)C(C=C)=C3C)c(C)c2CCC(=O)[O-])c(CCC(=O)[O-])c1C. The van der Waals surface area contributed by atoms with E-state index in [0.29, 0.717) is 45.2 Å². The lowest BCUT2D eigenvalue weighted by Gasteiger charge is -2.12. The van der Waals surface area contributed by atoms with Gasteiger partial charge in [0, 0.05) is 57.2 Å². The Balaban J connectivity index is 1.87. The molecule has 2 amide bonds. The summed E-state index contributed by atoms with van der Waals surface area (Å²) in [6, 6.07) is -0.252. The maximum absolute atomic E-state index is 12.4. The standard InChI is InChI=1S/C33H36N4O6/c1-7-20-19(6)32(42)37-27(20)14-25-18(5)23(10-12-31(40)41)29(35-25)15-28-22(9-11-30(38)39)17(4)24(34-28)13-26-16(3)21(8-2)33(43)36-26/h7-8,14-15,26,34-35H,1-2,9-13H2,3-6H3,(H,36,43)(H,38,39)(H,40,41)/p-2/b25-14-,29-15-/t26-/m1/s1. The molecule has 1 atom stereocenters. The van der Waals surface area contributed by atoms with Crippen LogP contribution >= 0.6 is 0 Å². The Hall–Kier alpha value is -4.99. The molecule has 2 aromatic heterocycles. The van der Waals surface area contributed by atoms with Gasteiger partial charge in [-0.3, -0.25) is 9.59 Å². The molecule has 0 bridgehead atoms. The van der Waals surface area contributed by atoms with Gasteiger partial charge in [0.15, 0.2) is 0 Å². The number of hydrogen-bond donors (Lipinski definition) is 3. The molecule has 0 fully saturated rings. The highest BCUT2D eigenvalue weighted by Crippen LogP contribution is 2.26. The number of nitrogens with one attached hydrogen (secondary N) is 3. The first-order valence-corrected chi connectivity index (χ1v) is 14.0. The van der Waals surface area contributed by atoms with Gasteiger partial charge in [0.2, 0.25) is 0 Å². The maximum atomic E-state index is 12.4. The van der Waals surface area contributed by atoms with Crippen LogP contribution in [0.3, 0.4) is 0 Å². The van der Waals surface area contributed by atoms with Crippen molar-refractivity contribution in [3.8, 4) is 0 Å². The number of amides is 2. The van der Waals surface area contributed by atoms with E-state index >= 15 is 0 Å². The highest BCUT2D eigenvalue weighted by atomic mass is 16.4. The van der Waals surface area contributed by atoms with Crippen molar-refractivity contribution < 1.29 is 29.4 Å². The third kappa shape index (κ3) is 6.28. The number of allylic oxidation sites excluding steroid dienone is 2. The van der Waals surface area contributed by atoms with E-state index in [4.69, 9.17) is 0 Å². The Morgan fingerprint density at radius 3 is 2.07 bits per heavy atom. The normalized spacial score (nSPS) is 17.7. The summed E-state index contributed by atoms with van der Waals surface area (Å²) < 4.78 is 0. The van der Waals surface area contributed by atoms with Crippen molar-refractivity contribution in [3.05, 3.63) is 91.9 Å². The number of carbonyl (C=O) groups excluding carboxylic acids is 4. The number of carbonyl (C=O) groups is 4. The van der Waals surface area contributed by atoms with Crippen LogP contribution < -0.4 is 26.2 Å². The molecule has 0 spiro atoms. The Kier molecular flexibility index (Phi) is 8.99. The van der Waals surface area contributed by atoms with Gasteiger partial charge in [0.05, 0.1) is 11.8 Å². The second kappa shape index (κ2) is 12.5. The minimum Gasteiger partial charge on any atom is -0.550 e. The first kappa shape index (κ1) is 31.0. The molecule has 0 aliphatic carbocycles. The van der Waals surface area contributed by atoms with Crippen molar-refractivity contribution >= 4 is 41.6 Å². The number of carboxylic acids is 2. The zero-order valence-corrected chi connectivity index (χ0v) is 24.7. The Labute approximate surface area is 249 Å². The molecule has 2 aliphatic heterocycles. The molecule has 43 heavy (non-hydrogen) atoms. The average molecular weight is 583 g/mol. The van der Waals surface area contributed by atoms with Crippen molar-refractivity contribution in [1.29, 1.82) is 0 Å². The van der Waals surface area contributed by atoms with Gasteiger partial charge < -0.3 is 35.1 Å². The van der Waals surface area contributed by atoms with Gasteiger partial charge in [-0.25, -0.2) is 4.99 Å². The van der Waals surface area contributed by atoms with Crippen LogP contribution in [0, 0.1) is 13.8 Å². The monoisotopic (exact) mass is 582 g/mol. The van der Waals surface area contributed by atoms with Gasteiger partial charge in [-0.05, 0) is 93.4 Å². The van der Waals surface area contributed by atoms with E-state index in [2.05, 4.69) is 33.4 Å². The van der Waals surface area contributed by atoms with Crippen molar-refractivity contribution in [2.24, 2.45) is 4.99 Å². The summed E-state index contributed by atoms with van der Waals surface area (Å²) in [5.74, 6) is -2.90. The van der Waals surface area contributed by atoms with Gasteiger partial charge in [-0.15, -0.1) is 0 Å². The Morgan fingerprint density at radius 1 is 0.860 bits per heavy atom. The molecule has 10 heteroatoms. The summed E-state index contributed by atoms with van der Waals surface area (Å²) in [6.45, 7) is 14.8. The number of aromatic amines is 2. The van der Waals surface area contributed by atoms with Gasteiger partial charge in [-0.1, -0.05) is 25.3 Å². The van der Waals surface area contributed by atoms with Crippen molar-refractivity contribution in [3.63, 3.8) is 0 Å². The lowest BCUT2D eigenvalue weighted by molar-refractivity contribution is -0.307. The number of aromatic nitrogens is 2. The van der Waals surface area contributed by atoms with E-state index < -0.39 is 11.9 Å². The summed E-state index contributed by atoms with van der Waals surface area (Å²) in [4.78, 5) is 58.2. The quantitative estimate of drug-likeness (QED) is 0.317. The number of nitrogens with zero attached hydrogens (tertiary/aromatic N) is 1. The van der Waals surface area contributed by atoms with Crippen LogP contribution in [0.4, 0.5) is 0 Å². The van der Waals surface area contributed by atoms with Gasteiger partial charge in [-0.2, -0.15) is 0 Å². The maximum Gasteiger partial charge on any atom is 0.273 e. The van der Waals surface area contributed by atoms with E-state index in [1.165, 1.54) is 6.08 Å². The zero-order valence-electron chi connectivity index (χ0n) is 24.7. The summed E-state index contributed by atoms with van der Waals surface area (Å²) >= 11 is 0. The van der Waals surface area contributed by atoms with Crippen LogP contribution in [-0.4, -0.2) is 45.5 Å². The van der Waals surface area contributed by atoms with Crippen LogP contribution in [-0.2, 0) is 38.4 Å². The van der Waals surface area contributed by atoms with Crippen molar-refractivity contribution in [1.82, 2.24) is 15.3 Å². The minimum absolute atomic E-state index is 0.183. The van der Waals surface area contributed by atoms with Crippen LogP contribution in [0.15, 0.2) is 52.6 Å². The summed E-state index contributed by atoms with van der Waals surface area (Å²) in [5.41, 5.74) is 7.62. The van der Waals surface area contributed by atoms with E-state index in [1.807, 2.05) is 26.8 Å². The summed E-state index contributed by atoms with van der Waals surface area (Å²) in [6.07, 6.45) is 7.12. The molecular formula is C33H34N4O6-2. The number of aliphatic imine (C=N–C) groups is 1. The molecule has 0 radical (unpaired) electrons. The molecule has 0 unspecified atom stereocenters. The molecule has 4 heterocycles. The van der Waals surface area contributed by atoms with Crippen LogP contribution in [0.5, 0.6) is 0 Å². The van der Waals surface area contributed by atoms with Crippen molar-refractivity contribution in [2.75, 3.05) is 0 Å². The van der Waals surface area contributed by atoms with E-state index in [-0.39, 0.29) is 43.5 Å². The predicted octanol–water partition coefficient (Wildman–Crippen LogP) is -0.0390. The lowest BCUT2D eigenvalue weighted by atomic mass is 9.98. The van der Waals surface area contributed by atoms with Crippen molar-refractivity contribution in [2.45, 2.75) is 65.8 Å². The van der Waals surface area contributed by atoms with Gasteiger partial charge in [0.1, 0.15) is 0 Å². The smallest absolute Gasteiger partial charge is 0.273 e. The van der Waals surface area contributed by atoms with E-state index in [1.54, 1.807) is 19.1 Å². The summed E-state index contributed by atoms with van der Waals surface area (Å²) in [5, 5.41) is 27.0. The molecule has 0 saturated heterocycles. The Morgan fingerprint density at radius 2 is 1.49 bits per heavy atom. The molecule has 2 aliphatic rings. The first-order chi connectivity index (χ1) is 20.4. The largest absolute Gasteiger partial charge is 0.550 e. The molecule has 0 aromatic carbocycles. The Bertz CT molecular complexity index is 1790. The van der Waals surface area contributed by atoms with Crippen LogP contribution in [0.2, 0.25) is 0 Å². The zero-order chi connectivity index (χ0) is 31.6. The first-order valence-electron chi connectivity index (χ1n) is 14.0. The number of hydrogen-bond acceptors (Lipinski definition) is 6. The molecule has 0 saturated carbocycles. The lowest BCUT2D eigenvalue weighted by Crippen LogP contribution is -2.30. The molecule has 224 valence electrons. The fourth-order valence-electron chi connectivity index (χ4n) is 5.67. The second-order valence-electron chi connectivity index (χ2n) is 10.8. The van der Waals surface area contributed by atoms with Gasteiger partial charge >= 0.3 is 0 Å². The van der Waals surface area contributed by atoms with E-state index in [9.17, 15) is 29.4 Å². The average Bonchev–Trinajstić information content (AvgIpc) is 3.59. The highest BCUT2D eigenvalue weighted by molar-refractivity contribution is 6.32. The number of aliphatic carboxylic acids is 2. The van der Waals surface area contributed by atoms with Crippen LogP contribution in [0.1, 0.15) is 60.3 Å². The van der Waals surface area contributed by atoms with Gasteiger partial charge in [0.25, 0.3) is 11.8 Å².